The molecule has 1 saturated carbocycles. The van der Waals surface area contributed by atoms with E-state index in [2.05, 4.69) is 10.6 Å². The Morgan fingerprint density at radius 1 is 1.00 bits per heavy atom. The zero-order chi connectivity index (χ0) is 19.9. The number of nitrogens with one attached hydrogen (secondary N) is 2. The Balaban J connectivity index is 1.51. The van der Waals surface area contributed by atoms with Crippen molar-refractivity contribution in [2.45, 2.75) is 19.3 Å². The van der Waals surface area contributed by atoms with Crippen LogP contribution in [0.4, 0.5) is 11.4 Å². The Labute approximate surface area is 163 Å². The summed E-state index contributed by atoms with van der Waals surface area (Å²) in [7, 11) is 1.53. The highest BCUT2D eigenvalue weighted by molar-refractivity contribution is 6.05. The minimum Gasteiger partial charge on any atom is -0.495 e. The molecule has 2 aromatic carbocycles. The number of benzene rings is 2. The second kappa shape index (κ2) is 9.03. The molecular weight excluding hydrogens is 360 g/mol. The number of carbonyl (C=O) groups is 3. The molecular formula is C21H22N2O5. The van der Waals surface area contributed by atoms with Crippen LogP contribution in [0, 0.1) is 5.92 Å². The normalized spacial score (nSPS) is 13.2. The molecule has 2 amide bonds. The number of rotatable bonds is 7. The van der Waals surface area contributed by atoms with Gasteiger partial charge in [-0.05, 0) is 49.2 Å². The van der Waals surface area contributed by atoms with Crippen LogP contribution in [0.15, 0.2) is 48.5 Å². The van der Waals surface area contributed by atoms with Crippen LogP contribution in [-0.2, 0) is 14.3 Å². The van der Waals surface area contributed by atoms with Gasteiger partial charge >= 0.3 is 5.97 Å². The summed E-state index contributed by atoms with van der Waals surface area (Å²) in [6.45, 7) is -0.314. The molecule has 1 aliphatic rings. The van der Waals surface area contributed by atoms with E-state index in [9.17, 15) is 14.4 Å². The Bertz CT molecular complexity index is 859. The van der Waals surface area contributed by atoms with Crippen molar-refractivity contribution in [3.05, 3.63) is 54.1 Å². The number of ether oxygens (including phenoxy) is 2. The first-order valence-electron chi connectivity index (χ1n) is 9.07. The molecule has 0 bridgehead atoms. The maximum Gasteiger partial charge on any atom is 0.309 e. The topological polar surface area (TPSA) is 93.7 Å². The molecule has 0 spiro atoms. The van der Waals surface area contributed by atoms with Crippen LogP contribution in [0.1, 0.15) is 29.6 Å². The van der Waals surface area contributed by atoms with Crippen molar-refractivity contribution in [2.24, 2.45) is 5.92 Å². The molecule has 0 saturated heterocycles. The quantitative estimate of drug-likeness (QED) is 0.717. The number of anilines is 2. The van der Waals surface area contributed by atoms with E-state index in [1.807, 2.05) is 6.07 Å². The van der Waals surface area contributed by atoms with Crippen molar-refractivity contribution < 1.29 is 23.9 Å². The summed E-state index contributed by atoms with van der Waals surface area (Å²) in [6.07, 6.45) is 2.70. The average molecular weight is 382 g/mol. The lowest BCUT2D eigenvalue weighted by atomic mass is 9.86. The fourth-order valence-electron chi connectivity index (χ4n) is 2.74. The van der Waals surface area contributed by atoms with Gasteiger partial charge in [0.2, 0.25) is 0 Å². The molecule has 2 N–H and O–H groups in total. The first-order valence-corrected chi connectivity index (χ1v) is 9.07. The maximum absolute atomic E-state index is 12.4. The van der Waals surface area contributed by atoms with Gasteiger partial charge in [0.05, 0.1) is 18.7 Å². The van der Waals surface area contributed by atoms with E-state index >= 15 is 0 Å². The van der Waals surface area contributed by atoms with E-state index in [-0.39, 0.29) is 24.4 Å². The molecule has 2 aromatic rings. The molecule has 7 heteroatoms. The Hall–Kier alpha value is -3.35. The standard InChI is InChI=1S/C21H22N2O5/c1-27-18-8-3-2-7-17(18)23-20(25)14-9-11-16(12-10-14)22-19(24)13-28-21(26)15-5-4-6-15/h2-3,7-12,15H,4-6,13H2,1H3,(H,22,24)(H,23,25). The summed E-state index contributed by atoms with van der Waals surface area (Å²) >= 11 is 0. The number of amides is 2. The fourth-order valence-corrected chi connectivity index (χ4v) is 2.74. The van der Waals surface area contributed by atoms with E-state index in [0.717, 1.165) is 19.3 Å². The molecule has 28 heavy (non-hydrogen) atoms. The van der Waals surface area contributed by atoms with Crippen molar-refractivity contribution in [3.8, 4) is 5.75 Å². The van der Waals surface area contributed by atoms with Crippen LogP contribution >= 0.6 is 0 Å². The highest BCUT2D eigenvalue weighted by Gasteiger charge is 2.27. The predicted octanol–water partition coefficient (Wildman–Crippen LogP) is 3.23. The third-order valence-electron chi connectivity index (χ3n) is 4.57. The lowest BCUT2D eigenvalue weighted by Gasteiger charge is -2.22. The molecule has 0 heterocycles. The predicted molar refractivity (Wildman–Crippen MR) is 104 cm³/mol. The van der Waals surface area contributed by atoms with Gasteiger partial charge in [0.1, 0.15) is 5.75 Å². The first kappa shape index (κ1) is 19.4. The van der Waals surface area contributed by atoms with Gasteiger partial charge in [0.25, 0.3) is 11.8 Å². The summed E-state index contributed by atoms with van der Waals surface area (Å²) in [5.41, 5.74) is 1.51. The lowest BCUT2D eigenvalue weighted by Crippen LogP contribution is -2.28. The maximum atomic E-state index is 12.4. The van der Waals surface area contributed by atoms with E-state index in [0.29, 0.717) is 22.7 Å². The van der Waals surface area contributed by atoms with Gasteiger partial charge < -0.3 is 20.1 Å². The van der Waals surface area contributed by atoms with E-state index in [4.69, 9.17) is 9.47 Å². The number of esters is 1. The van der Waals surface area contributed by atoms with Crippen molar-refractivity contribution in [1.82, 2.24) is 0 Å². The second-order valence-corrected chi connectivity index (χ2v) is 6.52. The number of para-hydroxylation sites is 2. The number of hydrogen-bond acceptors (Lipinski definition) is 5. The Morgan fingerprint density at radius 3 is 2.36 bits per heavy atom. The molecule has 0 radical (unpaired) electrons. The summed E-state index contributed by atoms with van der Waals surface area (Å²) in [5, 5.41) is 5.42. The van der Waals surface area contributed by atoms with Gasteiger partial charge in [-0.3, -0.25) is 14.4 Å². The number of hydrogen-bond donors (Lipinski definition) is 2. The zero-order valence-electron chi connectivity index (χ0n) is 15.6. The Morgan fingerprint density at radius 2 is 1.71 bits per heavy atom. The van der Waals surface area contributed by atoms with Crippen molar-refractivity contribution in [1.29, 1.82) is 0 Å². The van der Waals surface area contributed by atoms with Gasteiger partial charge in [-0.15, -0.1) is 0 Å². The molecule has 1 fully saturated rings. The SMILES string of the molecule is COc1ccccc1NC(=O)c1ccc(NC(=O)COC(=O)C2CCC2)cc1. The fraction of sp³-hybridized carbons (Fsp3) is 0.286. The lowest BCUT2D eigenvalue weighted by molar-refractivity contribution is -0.154. The molecule has 146 valence electrons. The van der Waals surface area contributed by atoms with E-state index in [1.165, 1.54) is 7.11 Å². The van der Waals surface area contributed by atoms with Gasteiger partial charge in [0.15, 0.2) is 6.61 Å². The van der Waals surface area contributed by atoms with Crippen molar-refractivity contribution >= 4 is 29.2 Å². The van der Waals surface area contributed by atoms with Crippen molar-refractivity contribution in [3.63, 3.8) is 0 Å². The first-order chi connectivity index (χ1) is 13.6. The van der Waals surface area contributed by atoms with Crippen LogP contribution in [0.2, 0.25) is 0 Å². The average Bonchev–Trinajstić information content (AvgIpc) is 2.66. The molecule has 0 aromatic heterocycles. The largest absolute Gasteiger partial charge is 0.495 e. The van der Waals surface area contributed by atoms with E-state index < -0.39 is 5.91 Å². The Kier molecular flexibility index (Phi) is 6.26. The van der Waals surface area contributed by atoms with Crippen LogP contribution in [0.25, 0.3) is 0 Å². The van der Waals surface area contributed by atoms with Crippen LogP contribution in [0.5, 0.6) is 5.75 Å². The van der Waals surface area contributed by atoms with Gasteiger partial charge in [0, 0.05) is 11.3 Å². The van der Waals surface area contributed by atoms with Gasteiger partial charge in [-0.1, -0.05) is 18.6 Å². The van der Waals surface area contributed by atoms with Crippen molar-refractivity contribution in [2.75, 3.05) is 24.4 Å². The minimum atomic E-state index is -0.418. The summed E-state index contributed by atoms with van der Waals surface area (Å²) in [6, 6.07) is 13.5. The number of carbonyl (C=O) groups excluding carboxylic acids is 3. The highest BCUT2D eigenvalue weighted by Crippen LogP contribution is 2.27. The van der Waals surface area contributed by atoms with Gasteiger partial charge in [-0.25, -0.2) is 0 Å². The minimum absolute atomic E-state index is 0.0613. The monoisotopic (exact) mass is 382 g/mol. The van der Waals surface area contributed by atoms with Crippen LogP contribution < -0.4 is 15.4 Å². The molecule has 0 atom stereocenters. The summed E-state index contributed by atoms with van der Waals surface area (Å²) in [4.78, 5) is 35.9. The molecule has 1 aliphatic carbocycles. The second-order valence-electron chi connectivity index (χ2n) is 6.52. The van der Waals surface area contributed by atoms with Crippen LogP contribution in [-0.4, -0.2) is 31.5 Å². The molecule has 3 rings (SSSR count). The third kappa shape index (κ3) is 4.88. The van der Waals surface area contributed by atoms with Gasteiger partial charge in [-0.2, -0.15) is 0 Å². The molecule has 0 aliphatic heterocycles. The molecule has 0 unspecified atom stereocenters. The summed E-state index contributed by atoms with van der Waals surface area (Å²) < 4.78 is 10.2. The van der Waals surface area contributed by atoms with Crippen LogP contribution in [0.3, 0.4) is 0 Å². The van der Waals surface area contributed by atoms with E-state index in [1.54, 1.807) is 42.5 Å². The summed E-state index contributed by atoms with van der Waals surface area (Å²) in [5.74, 6) is -0.523. The number of methoxy groups -OCH3 is 1. The third-order valence-corrected chi connectivity index (χ3v) is 4.57. The smallest absolute Gasteiger partial charge is 0.309 e. The highest BCUT2D eigenvalue weighted by atomic mass is 16.5. The molecule has 7 nitrogen and oxygen atoms in total. The zero-order valence-corrected chi connectivity index (χ0v) is 15.6.